The smallest absolute Gasteiger partial charge is 0.275 e. The Labute approximate surface area is 154 Å². The number of fused-ring (bicyclic) bond motifs is 1. The SMILES string of the molecule is [C-]#[N+]CC1(N2CCc3c(nn(Cc4c(F)cccc4F)c3Cl)C2=O)CC1. The van der Waals surface area contributed by atoms with E-state index in [0.717, 1.165) is 12.8 Å². The largest absolute Gasteiger partial charge is 0.324 e. The second kappa shape index (κ2) is 6.06. The third-order valence-electron chi connectivity index (χ3n) is 5.16. The molecule has 0 N–H and O–H groups in total. The number of hydrogen-bond donors (Lipinski definition) is 0. The lowest BCUT2D eigenvalue weighted by Gasteiger charge is -2.31. The summed E-state index contributed by atoms with van der Waals surface area (Å²) in [6.45, 7) is 7.67. The monoisotopic (exact) mass is 376 g/mol. The lowest BCUT2D eigenvalue weighted by atomic mass is 10.0. The van der Waals surface area contributed by atoms with Crippen LogP contribution in [0.1, 0.15) is 34.5 Å². The summed E-state index contributed by atoms with van der Waals surface area (Å²) in [6.07, 6.45) is 2.13. The predicted molar refractivity (Wildman–Crippen MR) is 90.9 cm³/mol. The molecule has 2 aliphatic rings. The normalized spacial score (nSPS) is 17.8. The fraction of sp³-hybridized carbons (Fsp3) is 0.389. The first-order chi connectivity index (χ1) is 12.5. The highest BCUT2D eigenvalue weighted by molar-refractivity contribution is 6.31. The van der Waals surface area contributed by atoms with Crippen molar-refractivity contribution in [1.29, 1.82) is 0 Å². The fourth-order valence-electron chi connectivity index (χ4n) is 3.52. The van der Waals surface area contributed by atoms with Gasteiger partial charge >= 0.3 is 0 Å². The van der Waals surface area contributed by atoms with Crippen LogP contribution in [0.2, 0.25) is 5.15 Å². The van der Waals surface area contributed by atoms with Crippen molar-refractivity contribution in [1.82, 2.24) is 14.7 Å². The highest BCUT2D eigenvalue weighted by Crippen LogP contribution is 2.44. The van der Waals surface area contributed by atoms with Crippen molar-refractivity contribution in [2.75, 3.05) is 13.1 Å². The van der Waals surface area contributed by atoms with Crippen LogP contribution in [0.3, 0.4) is 0 Å². The summed E-state index contributed by atoms with van der Waals surface area (Å²) >= 11 is 6.34. The van der Waals surface area contributed by atoms with Crippen molar-refractivity contribution < 1.29 is 13.6 Å². The van der Waals surface area contributed by atoms with Crippen LogP contribution < -0.4 is 0 Å². The maximum absolute atomic E-state index is 13.9. The molecule has 4 rings (SSSR count). The molecule has 1 aliphatic carbocycles. The van der Waals surface area contributed by atoms with Crippen LogP contribution >= 0.6 is 11.6 Å². The molecule has 2 heterocycles. The maximum atomic E-state index is 13.9. The summed E-state index contributed by atoms with van der Waals surface area (Å²) in [7, 11) is 0. The molecule has 1 fully saturated rings. The van der Waals surface area contributed by atoms with E-state index in [-0.39, 0.29) is 40.9 Å². The third-order valence-corrected chi connectivity index (χ3v) is 5.58. The van der Waals surface area contributed by atoms with Crippen molar-refractivity contribution in [2.24, 2.45) is 0 Å². The number of amides is 1. The molecular formula is C18H15ClF2N4O. The van der Waals surface area contributed by atoms with E-state index in [2.05, 4.69) is 9.94 Å². The number of carbonyl (C=O) groups excluding carboxylic acids is 1. The van der Waals surface area contributed by atoms with Gasteiger partial charge in [-0.25, -0.2) is 20.0 Å². The van der Waals surface area contributed by atoms with Gasteiger partial charge in [0.1, 0.15) is 22.3 Å². The van der Waals surface area contributed by atoms with Crippen LogP contribution in [-0.2, 0) is 13.0 Å². The summed E-state index contributed by atoms with van der Waals surface area (Å²) in [6, 6.07) is 3.63. The van der Waals surface area contributed by atoms with E-state index in [1.165, 1.54) is 22.9 Å². The molecule has 134 valence electrons. The van der Waals surface area contributed by atoms with Gasteiger partial charge in [0.05, 0.1) is 6.54 Å². The summed E-state index contributed by atoms with van der Waals surface area (Å²) in [5.41, 5.74) is 0.285. The van der Waals surface area contributed by atoms with Gasteiger partial charge in [-0.1, -0.05) is 17.7 Å². The molecule has 1 saturated carbocycles. The number of halogens is 3. The van der Waals surface area contributed by atoms with Gasteiger partial charge in [-0.05, 0) is 31.4 Å². The number of carbonyl (C=O) groups is 1. The van der Waals surface area contributed by atoms with Gasteiger partial charge in [-0.15, -0.1) is 0 Å². The van der Waals surface area contributed by atoms with E-state index in [1.807, 2.05) is 0 Å². The van der Waals surface area contributed by atoms with Crippen LogP contribution in [0, 0.1) is 18.2 Å². The molecule has 8 heteroatoms. The van der Waals surface area contributed by atoms with Gasteiger partial charge in [0.25, 0.3) is 5.91 Å². The Morgan fingerprint density at radius 3 is 2.62 bits per heavy atom. The van der Waals surface area contributed by atoms with Crippen molar-refractivity contribution in [3.63, 3.8) is 0 Å². The van der Waals surface area contributed by atoms with Crippen LogP contribution in [0.5, 0.6) is 0 Å². The molecule has 0 spiro atoms. The summed E-state index contributed by atoms with van der Waals surface area (Å²) < 4.78 is 29.1. The van der Waals surface area contributed by atoms with Crippen molar-refractivity contribution >= 4 is 17.5 Å². The highest BCUT2D eigenvalue weighted by Gasteiger charge is 2.55. The average molecular weight is 377 g/mol. The van der Waals surface area contributed by atoms with Gasteiger partial charge in [-0.3, -0.25) is 4.79 Å². The van der Waals surface area contributed by atoms with Crippen LogP contribution in [0.4, 0.5) is 8.78 Å². The Hall–Kier alpha value is -2.46. The lowest BCUT2D eigenvalue weighted by molar-refractivity contribution is 0.0638. The van der Waals surface area contributed by atoms with Crippen LogP contribution in [0.25, 0.3) is 4.85 Å². The summed E-state index contributed by atoms with van der Waals surface area (Å²) in [4.78, 5) is 18.0. The molecule has 2 aromatic rings. The minimum Gasteiger partial charge on any atom is -0.324 e. The van der Waals surface area contributed by atoms with Gasteiger partial charge < -0.3 is 9.74 Å². The quantitative estimate of drug-likeness (QED) is 0.768. The highest BCUT2D eigenvalue weighted by atomic mass is 35.5. The molecule has 5 nitrogen and oxygen atoms in total. The first-order valence-electron chi connectivity index (χ1n) is 8.30. The molecule has 0 unspecified atom stereocenters. The molecule has 0 radical (unpaired) electrons. The van der Waals surface area contributed by atoms with Gasteiger partial charge in [0, 0.05) is 17.7 Å². The van der Waals surface area contributed by atoms with E-state index in [4.69, 9.17) is 18.2 Å². The maximum Gasteiger partial charge on any atom is 0.275 e. The fourth-order valence-corrected chi connectivity index (χ4v) is 3.80. The zero-order valence-corrected chi connectivity index (χ0v) is 14.6. The Morgan fingerprint density at radius 1 is 1.31 bits per heavy atom. The first kappa shape index (κ1) is 17.0. The number of nitrogens with zero attached hydrogens (tertiary/aromatic N) is 4. The molecule has 1 amide bonds. The zero-order valence-electron chi connectivity index (χ0n) is 13.8. The van der Waals surface area contributed by atoms with E-state index in [1.54, 1.807) is 4.90 Å². The predicted octanol–water partition coefficient (Wildman–Crippen LogP) is 3.31. The third kappa shape index (κ3) is 2.56. The minimum atomic E-state index is -0.684. The van der Waals surface area contributed by atoms with E-state index in [9.17, 15) is 13.6 Å². The van der Waals surface area contributed by atoms with Crippen LogP contribution in [0.15, 0.2) is 18.2 Å². The van der Waals surface area contributed by atoms with Gasteiger partial charge in [0.15, 0.2) is 5.69 Å². The Bertz CT molecular complexity index is 925. The standard InChI is InChI=1S/C18H15ClF2N4O/c1-22-10-18(6-7-18)24-8-5-11-15(17(24)26)23-25(16(11)19)9-12-13(20)3-2-4-14(12)21/h2-4H,5-10H2. The molecule has 1 aromatic heterocycles. The second-order valence-corrected chi connectivity index (χ2v) is 7.08. The van der Waals surface area contributed by atoms with Gasteiger partial charge in [0.2, 0.25) is 6.54 Å². The van der Waals surface area contributed by atoms with Crippen molar-refractivity contribution in [3.05, 3.63) is 63.2 Å². The first-order valence-corrected chi connectivity index (χ1v) is 8.68. The molecule has 1 aliphatic heterocycles. The molecule has 0 saturated heterocycles. The lowest BCUT2D eigenvalue weighted by Crippen LogP contribution is -2.47. The number of hydrogen-bond acceptors (Lipinski definition) is 2. The second-order valence-electron chi connectivity index (χ2n) is 6.72. The van der Waals surface area contributed by atoms with E-state index >= 15 is 0 Å². The topological polar surface area (TPSA) is 42.5 Å². The number of aromatic nitrogens is 2. The summed E-state index contributed by atoms with van der Waals surface area (Å²) in [5, 5.41) is 4.47. The summed E-state index contributed by atoms with van der Waals surface area (Å²) in [5.74, 6) is -1.63. The Morgan fingerprint density at radius 2 is 2.00 bits per heavy atom. The Balaban J connectivity index is 1.67. The van der Waals surface area contributed by atoms with Crippen molar-refractivity contribution in [3.8, 4) is 0 Å². The molecule has 26 heavy (non-hydrogen) atoms. The van der Waals surface area contributed by atoms with Crippen LogP contribution in [-0.4, -0.2) is 39.2 Å². The molecule has 0 atom stereocenters. The Kier molecular flexibility index (Phi) is 3.96. The molecule has 0 bridgehead atoms. The molecular weight excluding hydrogens is 362 g/mol. The average Bonchev–Trinajstić information content (AvgIpc) is 3.31. The van der Waals surface area contributed by atoms with Gasteiger partial charge in [-0.2, -0.15) is 5.10 Å². The number of benzene rings is 1. The number of rotatable bonds is 4. The van der Waals surface area contributed by atoms with E-state index < -0.39 is 11.6 Å². The zero-order chi connectivity index (χ0) is 18.5. The minimum absolute atomic E-state index is 0.148. The molecule has 1 aromatic carbocycles. The van der Waals surface area contributed by atoms with Crippen molar-refractivity contribution in [2.45, 2.75) is 31.3 Å². The van der Waals surface area contributed by atoms with E-state index in [0.29, 0.717) is 18.5 Å².